The molecule has 0 saturated carbocycles. The number of aliphatic hydroxyl groups excluding tert-OH is 3. The van der Waals surface area contributed by atoms with Crippen LogP contribution in [0.4, 0.5) is 0 Å². The summed E-state index contributed by atoms with van der Waals surface area (Å²) < 4.78 is 73.6. The van der Waals surface area contributed by atoms with Crippen LogP contribution in [0.1, 0.15) is 44.0 Å². The van der Waals surface area contributed by atoms with Crippen LogP contribution in [0.15, 0.2) is 18.2 Å². The molecule has 1 aliphatic carbocycles. The number of β-amino-alcohol motifs (C(OH)–C–C–N with tert-alkyl or cyclic N) is 1. The zero-order chi connectivity index (χ0) is 23.8. The van der Waals surface area contributed by atoms with Crippen molar-refractivity contribution in [3.8, 4) is 5.75 Å². The molecule has 1 aromatic carbocycles. The molecule has 2 rings (SSSR count). The van der Waals surface area contributed by atoms with Crippen LogP contribution < -0.4 is 10.1 Å². The van der Waals surface area contributed by atoms with E-state index in [-0.39, 0.29) is 19.4 Å². The van der Waals surface area contributed by atoms with Crippen molar-refractivity contribution in [2.45, 2.75) is 57.2 Å². The Morgan fingerprint density at radius 1 is 1.32 bits per heavy atom. The maximum Gasteiger partial charge on any atom is 0.123 e. The van der Waals surface area contributed by atoms with E-state index >= 15 is 0 Å². The Morgan fingerprint density at radius 2 is 2.05 bits per heavy atom. The van der Waals surface area contributed by atoms with Gasteiger partial charge < -0.3 is 25.4 Å². The molecule has 0 heterocycles. The van der Waals surface area contributed by atoms with Crippen LogP contribution in [0, 0.1) is 0 Å². The largest absolute Gasteiger partial charge is 0.491 e. The van der Waals surface area contributed by atoms with Gasteiger partial charge in [-0.3, -0.25) is 0 Å². The Morgan fingerprint density at radius 3 is 2.77 bits per heavy atom. The fourth-order valence-electron chi connectivity index (χ4n) is 2.39. The Balaban J connectivity index is 2.13. The summed E-state index contributed by atoms with van der Waals surface area (Å²) in [5.74, 6) is 0.344. The minimum absolute atomic E-state index is 0.140. The first-order valence-corrected chi connectivity index (χ1v) is 7.04. The number of hydrogen-bond acceptors (Lipinski definition) is 5. The van der Waals surface area contributed by atoms with Gasteiger partial charge in [-0.15, -0.1) is 0 Å². The molecular formula is C17H27NO4. The molecule has 0 radical (unpaired) electrons. The van der Waals surface area contributed by atoms with Gasteiger partial charge in [-0.05, 0) is 32.2 Å². The second-order valence-corrected chi connectivity index (χ2v) is 5.53. The highest BCUT2D eigenvalue weighted by atomic mass is 16.5. The summed E-state index contributed by atoms with van der Waals surface area (Å²) in [6, 6.07) is 5.04. The van der Waals surface area contributed by atoms with Gasteiger partial charge in [-0.1, -0.05) is 12.1 Å². The molecule has 0 saturated heterocycles. The average Bonchev–Trinajstić information content (AvgIpc) is 2.57. The first kappa shape index (κ1) is 8.64. The molecule has 0 aliphatic heterocycles. The third-order valence-corrected chi connectivity index (χ3v) is 3.55. The minimum atomic E-state index is -3.42. The lowest BCUT2D eigenvalue weighted by atomic mass is 9.87. The van der Waals surface area contributed by atoms with Crippen LogP contribution in [0.2, 0.25) is 0 Å². The van der Waals surface area contributed by atoms with Crippen molar-refractivity contribution in [3.63, 3.8) is 0 Å². The minimum Gasteiger partial charge on any atom is -0.491 e. The summed E-state index contributed by atoms with van der Waals surface area (Å²) in [5, 5.41) is 32.0. The number of fused-ring (bicyclic) bond motifs is 1. The number of benzene rings is 1. The maximum absolute atomic E-state index is 10.2. The Hall–Kier alpha value is -1.14. The average molecular weight is 318 g/mol. The fraction of sp³-hybridized carbons (Fsp3) is 0.647. The molecule has 124 valence electrons. The van der Waals surface area contributed by atoms with Gasteiger partial charge in [0.15, 0.2) is 0 Å². The maximum atomic E-state index is 10.2. The summed E-state index contributed by atoms with van der Waals surface area (Å²) in [7, 11) is 0. The monoisotopic (exact) mass is 318 g/mol. The molecule has 0 aromatic heterocycles. The molecule has 22 heavy (non-hydrogen) atoms. The van der Waals surface area contributed by atoms with Crippen LogP contribution >= 0.6 is 0 Å². The number of rotatable bonds is 5. The van der Waals surface area contributed by atoms with Crippen molar-refractivity contribution < 1.29 is 32.4 Å². The molecular weight excluding hydrogens is 282 g/mol. The van der Waals surface area contributed by atoms with Crippen LogP contribution in [-0.4, -0.2) is 52.3 Å². The lowest BCUT2D eigenvalue weighted by molar-refractivity contribution is 0.0132. The van der Waals surface area contributed by atoms with Crippen molar-refractivity contribution >= 4 is 0 Å². The second-order valence-electron chi connectivity index (χ2n) is 5.53. The van der Waals surface area contributed by atoms with Crippen LogP contribution in [0.25, 0.3) is 0 Å². The summed E-state index contributed by atoms with van der Waals surface area (Å²) in [6.45, 7) is -11.3. The molecule has 0 amide bonds. The predicted octanol–water partition coefficient (Wildman–Crippen LogP) is 0.635. The van der Waals surface area contributed by atoms with Crippen molar-refractivity contribution in [1.82, 2.24) is 5.32 Å². The zero-order valence-corrected chi connectivity index (χ0v) is 12.0. The highest BCUT2D eigenvalue weighted by Crippen LogP contribution is 2.30. The Kier molecular flexibility index (Phi) is 2.73. The van der Waals surface area contributed by atoms with E-state index < -0.39 is 51.0 Å². The van der Waals surface area contributed by atoms with E-state index in [9.17, 15) is 15.3 Å². The van der Waals surface area contributed by atoms with Gasteiger partial charge in [0.05, 0.1) is 12.2 Å². The summed E-state index contributed by atoms with van der Waals surface area (Å²) in [6.07, 6.45) is -2.92. The molecule has 4 N–H and O–H groups in total. The normalized spacial score (nSPS) is 30.8. The van der Waals surface area contributed by atoms with E-state index in [2.05, 4.69) is 5.32 Å². The molecule has 0 fully saturated rings. The lowest BCUT2D eigenvalue weighted by Crippen LogP contribution is -2.42. The molecule has 1 aromatic rings. The topological polar surface area (TPSA) is 82.0 Å². The first-order chi connectivity index (χ1) is 14.0. The van der Waals surface area contributed by atoms with Gasteiger partial charge in [-0.25, -0.2) is 0 Å². The number of aliphatic hydroxyl groups is 3. The summed E-state index contributed by atoms with van der Waals surface area (Å²) in [4.78, 5) is 0. The van der Waals surface area contributed by atoms with Crippen molar-refractivity contribution in [2.24, 2.45) is 0 Å². The van der Waals surface area contributed by atoms with E-state index in [1.54, 1.807) is 18.2 Å². The Labute approximate surface area is 144 Å². The quantitative estimate of drug-likeness (QED) is 0.640. The van der Waals surface area contributed by atoms with E-state index in [1.165, 1.54) is 0 Å². The van der Waals surface area contributed by atoms with Gasteiger partial charge in [0.25, 0.3) is 0 Å². The van der Waals surface area contributed by atoms with Crippen molar-refractivity contribution in [2.75, 3.05) is 13.2 Å². The number of ether oxygens (including phenoxy) is 1. The fourth-order valence-corrected chi connectivity index (χ4v) is 2.39. The van der Waals surface area contributed by atoms with Crippen LogP contribution in [0.3, 0.4) is 0 Å². The van der Waals surface area contributed by atoms with Gasteiger partial charge in [0.2, 0.25) is 0 Å². The molecule has 3 unspecified atom stereocenters. The van der Waals surface area contributed by atoms with Crippen molar-refractivity contribution in [1.29, 1.82) is 0 Å². The van der Waals surface area contributed by atoms with E-state index in [0.717, 1.165) is 5.56 Å². The first-order valence-electron chi connectivity index (χ1n) is 11.5. The van der Waals surface area contributed by atoms with Crippen molar-refractivity contribution in [3.05, 3.63) is 29.3 Å². The molecule has 0 spiro atoms. The SMILES string of the molecule is [2H]C([2H])([2H])C(NCC(O)COc1cccc2c1CC(O)C(O)C2)(C([2H])([2H])[2H])C([2H])([2H])[2H]. The van der Waals surface area contributed by atoms with Crippen LogP contribution in [0.5, 0.6) is 5.75 Å². The van der Waals surface area contributed by atoms with E-state index in [4.69, 9.17) is 17.1 Å². The smallest absolute Gasteiger partial charge is 0.123 e. The van der Waals surface area contributed by atoms with E-state index in [0.29, 0.717) is 11.3 Å². The molecule has 0 bridgehead atoms. The zero-order valence-electron chi connectivity index (χ0n) is 21.0. The third-order valence-electron chi connectivity index (χ3n) is 3.55. The molecule has 5 nitrogen and oxygen atoms in total. The van der Waals surface area contributed by atoms with Gasteiger partial charge >= 0.3 is 0 Å². The molecule has 1 aliphatic rings. The van der Waals surface area contributed by atoms with Gasteiger partial charge in [0, 0.05) is 42.8 Å². The van der Waals surface area contributed by atoms with Gasteiger partial charge in [-0.2, -0.15) is 0 Å². The Bertz CT molecular complexity index is 727. The number of nitrogens with one attached hydrogen (secondary N) is 1. The predicted molar refractivity (Wildman–Crippen MR) is 85.1 cm³/mol. The van der Waals surface area contributed by atoms with Crippen LogP contribution in [-0.2, 0) is 12.8 Å². The molecule has 5 heteroatoms. The highest BCUT2D eigenvalue weighted by Gasteiger charge is 2.27. The lowest BCUT2D eigenvalue weighted by Gasteiger charge is -2.28. The van der Waals surface area contributed by atoms with E-state index in [1.807, 2.05) is 0 Å². The third kappa shape index (κ3) is 4.68. The number of hydrogen-bond donors (Lipinski definition) is 4. The summed E-state index contributed by atoms with van der Waals surface area (Å²) in [5.41, 5.74) is -1.81. The molecule has 3 atom stereocenters. The highest BCUT2D eigenvalue weighted by molar-refractivity contribution is 5.43. The standard InChI is InChI=1S/C17H27NO4/c1-17(2,3)18-9-12(19)10-22-16-6-4-5-11-7-14(20)15(21)8-13(11)16/h4-6,12,14-15,18-21H,7-10H2,1-3H3/i1D3,2D3,3D3. The van der Waals surface area contributed by atoms with Gasteiger partial charge in [0.1, 0.15) is 18.5 Å². The second kappa shape index (κ2) is 6.96. The summed E-state index contributed by atoms with van der Waals surface area (Å²) >= 11 is 0.